The molecule has 0 spiro atoms. The molecule has 4 nitrogen and oxygen atoms in total. The molecule has 3 N–H and O–H groups in total. The summed E-state index contributed by atoms with van der Waals surface area (Å²) in [6.45, 7) is 2.58. The number of nitrogens with one attached hydrogen (secondary N) is 1. The van der Waals surface area contributed by atoms with Crippen molar-refractivity contribution in [2.45, 2.75) is 13.3 Å². The number of benzene rings is 2. The fraction of sp³-hybridized carbons (Fsp3) is 0.188. The molecule has 0 heterocycles. The molecular formula is C16H17FN2O2. The van der Waals surface area contributed by atoms with Gasteiger partial charge in [0.15, 0.2) is 0 Å². The van der Waals surface area contributed by atoms with Crippen LogP contribution in [0.2, 0.25) is 0 Å². The summed E-state index contributed by atoms with van der Waals surface area (Å²) >= 11 is 0. The van der Waals surface area contributed by atoms with Crippen LogP contribution < -0.4 is 15.8 Å². The van der Waals surface area contributed by atoms with Crippen molar-refractivity contribution in [1.29, 1.82) is 0 Å². The second kappa shape index (κ2) is 6.74. The molecule has 0 fully saturated rings. The van der Waals surface area contributed by atoms with Crippen molar-refractivity contribution in [2.24, 2.45) is 0 Å². The minimum atomic E-state index is -0.352. The van der Waals surface area contributed by atoms with E-state index < -0.39 is 0 Å². The molecule has 0 saturated heterocycles. The molecule has 2 aromatic carbocycles. The number of nitrogens with two attached hydrogens (primary N) is 1. The lowest BCUT2D eigenvalue weighted by Gasteiger charge is -2.10. The summed E-state index contributed by atoms with van der Waals surface area (Å²) in [7, 11) is 0. The van der Waals surface area contributed by atoms with E-state index in [1.54, 1.807) is 18.2 Å². The summed E-state index contributed by atoms with van der Waals surface area (Å²) in [5.74, 6) is -0.0970. The highest BCUT2D eigenvalue weighted by Gasteiger charge is 2.09. The number of rotatable bonds is 5. The largest absolute Gasteiger partial charge is 0.491 e. The average Bonchev–Trinajstić information content (AvgIpc) is 2.48. The Hall–Kier alpha value is -2.56. The molecule has 0 saturated carbocycles. The molecule has 0 bridgehead atoms. The third-order valence-corrected chi connectivity index (χ3v) is 2.84. The van der Waals surface area contributed by atoms with Gasteiger partial charge < -0.3 is 15.8 Å². The van der Waals surface area contributed by atoms with Gasteiger partial charge in [-0.2, -0.15) is 0 Å². The maximum absolute atomic E-state index is 12.8. The molecule has 0 aliphatic carbocycles. The summed E-state index contributed by atoms with van der Waals surface area (Å²) < 4.78 is 18.3. The van der Waals surface area contributed by atoms with Crippen LogP contribution in [0.25, 0.3) is 0 Å². The number of nitrogen functional groups attached to an aromatic ring is 1. The van der Waals surface area contributed by atoms with Gasteiger partial charge >= 0.3 is 0 Å². The van der Waals surface area contributed by atoms with Gasteiger partial charge in [0.25, 0.3) is 5.91 Å². The maximum atomic E-state index is 12.8. The van der Waals surface area contributed by atoms with Crippen LogP contribution in [0, 0.1) is 5.82 Å². The second-order valence-electron chi connectivity index (χ2n) is 4.56. The van der Waals surface area contributed by atoms with Crippen LogP contribution >= 0.6 is 0 Å². The van der Waals surface area contributed by atoms with E-state index in [2.05, 4.69) is 5.32 Å². The first kappa shape index (κ1) is 14.8. The molecule has 0 atom stereocenters. The van der Waals surface area contributed by atoms with Gasteiger partial charge in [0.05, 0.1) is 12.3 Å². The molecule has 21 heavy (non-hydrogen) atoms. The summed E-state index contributed by atoms with van der Waals surface area (Å²) in [4.78, 5) is 12.1. The van der Waals surface area contributed by atoms with Crippen molar-refractivity contribution in [3.05, 3.63) is 53.8 Å². The van der Waals surface area contributed by atoms with E-state index in [1.807, 2.05) is 6.92 Å². The Kier molecular flexibility index (Phi) is 4.77. The van der Waals surface area contributed by atoms with Gasteiger partial charge in [-0.25, -0.2) is 4.39 Å². The summed E-state index contributed by atoms with van der Waals surface area (Å²) in [5, 5.41) is 2.67. The Labute approximate surface area is 122 Å². The van der Waals surface area contributed by atoms with Gasteiger partial charge in [0, 0.05) is 11.3 Å². The highest BCUT2D eigenvalue weighted by atomic mass is 19.1. The number of hydrogen-bond donors (Lipinski definition) is 2. The Morgan fingerprint density at radius 1 is 1.24 bits per heavy atom. The van der Waals surface area contributed by atoms with Gasteiger partial charge in [-0.15, -0.1) is 0 Å². The molecule has 2 aromatic rings. The quantitative estimate of drug-likeness (QED) is 0.828. The molecule has 0 aliphatic rings. The van der Waals surface area contributed by atoms with Crippen LogP contribution in [0.3, 0.4) is 0 Å². The summed E-state index contributed by atoms with van der Waals surface area (Å²) in [5.41, 5.74) is 7.21. The van der Waals surface area contributed by atoms with Crippen LogP contribution in [0.15, 0.2) is 42.5 Å². The van der Waals surface area contributed by atoms with Gasteiger partial charge in [-0.1, -0.05) is 6.92 Å². The third-order valence-electron chi connectivity index (χ3n) is 2.84. The standard InChI is InChI=1S/C16H17FN2O2/c1-2-9-21-15-8-3-11(10-14(15)18)16(20)19-13-6-4-12(17)5-7-13/h3-8,10H,2,9,18H2,1H3,(H,19,20). The van der Waals surface area contributed by atoms with Crippen molar-refractivity contribution >= 4 is 17.3 Å². The summed E-state index contributed by atoms with van der Waals surface area (Å²) in [6.07, 6.45) is 0.881. The molecule has 0 aromatic heterocycles. The predicted molar refractivity (Wildman–Crippen MR) is 81.0 cm³/mol. The zero-order chi connectivity index (χ0) is 15.2. The molecule has 2 rings (SSSR count). The molecule has 5 heteroatoms. The SMILES string of the molecule is CCCOc1ccc(C(=O)Nc2ccc(F)cc2)cc1N. The topological polar surface area (TPSA) is 64.3 Å². The summed E-state index contributed by atoms with van der Waals surface area (Å²) in [6, 6.07) is 10.4. The average molecular weight is 288 g/mol. The molecule has 0 aliphatic heterocycles. The number of carbonyl (C=O) groups excluding carboxylic acids is 1. The smallest absolute Gasteiger partial charge is 0.255 e. The van der Waals surface area contributed by atoms with Gasteiger partial charge in [0.1, 0.15) is 11.6 Å². The second-order valence-corrected chi connectivity index (χ2v) is 4.56. The Morgan fingerprint density at radius 3 is 2.57 bits per heavy atom. The number of halogens is 1. The van der Waals surface area contributed by atoms with Crippen molar-refractivity contribution in [2.75, 3.05) is 17.7 Å². The van der Waals surface area contributed by atoms with Crippen LogP contribution in [-0.4, -0.2) is 12.5 Å². The zero-order valence-electron chi connectivity index (χ0n) is 11.7. The first-order valence-corrected chi connectivity index (χ1v) is 6.69. The zero-order valence-corrected chi connectivity index (χ0v) is 11.7. The first-order valence-electron chi connectivity index (χ1n) is 6.69. The van der Waals surface area contributed by atoms with Gasteiger partial charge in [0.2, 0.25) is 0 Å². The van der Waals surface area contributed by atoms with Crippen molar-refractivity contribution in [1.82, 2.24) is 0 Å². The fourth-order valence-corrected chi connectivity index (χ4v) is 1.77. The van der Waals surface area contributed by atoms with Crippen molar-refractivity contribution in [3.8, 4) is 5.75 Å². The van der Waals surface area contributed by atoms with Crippen LogP contribution in [0.1, 0.15) is 23.7 Å². The van der Waals surface area contributed by atoms with Crippen molar-refractivity contribution < 1.29 is 13.9 Å². The Balaban J connectivity index is 2.08. The number of hydrogen-bond acceptors (Lipinski definition) is 3. The van der Waals surface area contributed by atoms with E-state index in [-0.39, 0.29) is 11.7 Å². The lowest BCUT2D eigenvalue weighted by atomic mass is 10.1. The highest BCUT2D eigenvalue weighted by Crippen LogP contribution is 2.23. The Bertz CT molecular complexity index is 627. The van der Waals surface area contributed by atoms with Crippen LogP contribution in [0.5, 0.6) is 5.75 Å². The van der Waals surface area contributed by atoms with Gasteiger partial charge in [-0.05, 0) is 48.9 Å². The number of carbonyl (C=O) groups is 1. The normalized spacial score (nSPS) is 10.2. The van der Waals surface area contributed by atoms with E-state index >= 15 is 0 Å². The van der Waals surface area contributed by atoms with Crippen LogP contribution in [-0.2, 0) is 0 Å². The van der Waals surface area contributed by atoms with E-state index in [0.717, 1.165) is 6.42 Å². The first-order chi connectivity index (χ1) is 10.1. The van der Waals surface area contributed by atoms with Crippen molar-refractivity contribution in [3.63, 3.8) is 0 Å². The predicted octanol–water partition coefficient (Wildman–Crippen LogP) is 3.45. The van der Waals surface area contributed by atoms with Gasteiger partial charge in [-0.3, -0.25) is 4.79 Å². The number of anilines is 2. The van der Waals surface area contributed by atoms with E-state index in [9.17, 15) is 9.18 Å². The maximum Gasteiger partial charge on any atom is 0.255 e. The van der Waals surface area contributed by atoms with E-state index in [4.69, 9.17) is 10.5 Å². The van der Waals surface area contributed by atoms with Crippen LogP contribution in [0.4, 0.5) is 15.8 Å². The lowest BCUT2D eigenvalue weighted by Crippen LogP contribution is -2.12. The molecular weight excluding hydrogens is 271 g/mol. The fourth-order valence-electron chi connectivity index (χ4n) is 1.77. The number of ether oxygens (including phenoxy) is 1. The van der Waals surface area contributed by atoms with E-state index in [0.29, 0.717) is 29.3 Å². The van der Waals surface area contributed by atoms with E-state index in [1.165, 1.54) is 24.3 Å². The minimum Gasteiger partial charge on any atom is -0.491 e. The molecule has 0 radical (unpaired) electrons. The third kappa shape index (κ3) is 3.95. The minimum absolute atomic E-state index is 0.310. The lowest BCUT2D eigenvalue weighted by molar-refractivity contribution is 0.102. The molecule has 0 unspecified atom stereocenters. The number of amides is 1. The monoisotopic (exact) mass is 288 g/mol. The highest BCUT2D eigenvalue weighted by molar-refractivity contribution is 6.05. The molecule has 110 valence electrons. The Morgan fingerprint density at radius 2 is 1.95 bits per heavy atom. The molecule has 1 amide bonds.